The van der Waals surface area contributed by atoms with E-state index < -0.39 is 12.0 Å². The van der Waals surface area contributed by atoms with E-state index >= 15 is 0 Å². The number of anilines is 2. The minimum absolute atomic E-state index is 0.128. The molecule has 3 amide bonds. The molecule has 4 aliphatic heterocycles. The second kappa shape index (κ2) is 16.3. The summed E-state index contributed by atoms with van der Waals surface area (Å²) in [5.41, 5.74) is 11.5. The molecular formula is C48H51N5O5. The predicted octanol–water partition coefficient (Wildman–Crippen LogP) is 6.87. The summed E-state index contributed by atoms with van der Waals surface area (Å²) in [4.78, 5) is 58.2. The Morgan fingerprint density at radius 1 is 0.690 bits per heavy atom. The third-order valence-corrected chi connectivity index (χ3v) is 13.2. The Kier molecular flexibility index (Phi) is 10.6. The molecular weight excluding hydrogens is 727 g/mol. The minimum Gasteiger partial charge on any atom is -0.478 e. The summed E-state index contributed by atoms with van der Waals surface area (Å²) in [5.74, 6) is -0.946. The van der Waals surface area contributed by atoms with E-state index in [1.807, 2.05) is 24.3 Å². The number of amides is 3. The molecule has 5 aliphatic rings. The van der Waals surface area contributed by atoms with Gasteiger partial charge in [-0.15, -0.1) is 0 Å². The third-order valence-electron chi connectivity index (χ3n) is 13.2. The van der Waals surface area contributed by atoms with Gasteiger partial charge in [0.2, 0.25) is 11.8 Å². The SMILES string of the molecule is O=C1CC[C@H](N2Cc3cc(N4CCN(CCC5CCN(c6ccc(C7=C(c8ccccc8)CCCc8cc(C(=O)O)ccc87)cc6)CC5)CC4)ccc3C2=O)C(=O)N1. The Hall–Kier alpha value is -5.74. The highest BCUT2D eigenvalue weighted by Gasteiger charge is 2.39. The Morgan fingerprint density at radius 3 is 2.16 bits per heavy atom. The molecule has 58 heavy (non-hydrogen) atoms. The molecule has 3 saturated heterocycles. The summed E-state index contributed by atoms with van der Waals surface area (Å²) < 4.78 is 0. The Morgan fingerprint density at radius 2 is 1.41 bits per heavy atom. The largest absolute Gasteiger partial charge is 0.478 e. The first-order valence-electron chi connectivity index (χ1n) is 21.0. The zero-order valence-corrected chi connectivity index (χ0v) is 33.0. The lowest BCUT2D eigenvalue weighted by atomic mass is 9.87. The minimum atomic E-state index is -0.885. The fraction of sp³-hybridized carbons (Fsp3) is 0.375. The monoisotopic (exact) mass is 777 g/mol. The van der Waals surface area contributed by atoms with Crippen molar-refractivity contribution < 1.29 is 24.3 Å². The highest BCUT2D eigenvalue weighted by atomic mass is 16.4. The molecule has 4 aromatic carbocycles. The first-order valence-corrected chi connectivity index (χ1v) is 21.0. The lowest BCUT2D eigenvalue weighted by molar-refractivity contribution is -0.136. The van der Waals surface area contributed by atoms with Crippen LogP contribution in [0.2, 0.25) is 0 Å². The first kappa shape index (κ1) is 37.8. The number of carboxylic acid groups (broad SMARTS) is 1. The van der Waals surface area contributed by atoms with Gasteiger partial charge in [0.1, 0.15) is 6.04 Å². The van der Waals surface area contributed by atoms with Crippen LogP contribution in [0.25, 0.3) is 11.1 Å². The number of aromatic carboxylic acids is 1. The van der Waals surface area contributed by atoms with Crippen LogP contribution in [0, 0.1) is 5.92 Å². The van der Waals surface area contributed by atoms with Crippen LogP contribution in [-0.2, 0) is 22.6 Å². The van der Waals surface area contributed by atoms with Gasteiger partial charge in [-0.25, -0.2) is 4.79 Å². The van der Waals surface area contributed by atoms with Crippen molar-refractivity contribution in [2.75, 3.05) is 55.6 Å². The molecule has 0 saturated carbocycles. The normalized spacial score (nSPS) is 20.5. The van der Waals surface area contributed by atoms with Crippen molar-refractivity contribution in [1.29, 1.82) is 0 Å². The smallest absolute Gasteiger partial charge is 0.335 e. The summed E-state index contributed by atoms with van der Waals surface area (Å²) in [6.07, 6.45) is 6.99. The Bertz CT molecular complexity index is 2250. The third kappa shape index (κ3) is 7.65. The van der Waals surface area contributed by atoms with Crippen molar-refractivity contribution in [3.63, 3.8) is 0 Å². The fourth-order valence-corrected chi connectivity index (χ4v) is 9.85. The molecule has 2 N–H and O–H groups in total. The van der Waals surface area contributed by atoms with Crippen molar-refractivity contribution in [1.82, 2.24) is 15.1 Å². The zero-order chi connectivity index (χ0) is 39.8. The Labute approximate surface area is 340 Å². The predicted molar refractivity (Wildman–Crippen MR) is 226 cm³/mol. The van der Waals surface area contributed by atoms with Gasteiger partial charge in [0, 0.05) is 69.2 Å². The van der Waals surface area contributed by atoms with Crippen LogP contribution in [0.1, 0.15) is 93.5 Å². The molecule has 0 bridgehead atoms. The first-order chi connectivity index (χ1) is 28.3. The van der Waals surface area contributed by atoms with E-state index in [9.17, 15) is 24.3 Å². The van der Waals surface area contributed by atoms with E-state index in [2.05, 4.69) is 80.7 Å². The maximum Gasteiger partial charge on any atom is 0.335 e. The van der Waals surface area contributed by atoms with Crippen LogP contribution < -0.4 is 15.1 Å². The average molecular weight is 778 g/mol. The molecule has 9 rings (SSSR count). The number of hydrogen-bond donors (Lipinski definition) is 2. The van der Waals surface area contributed by atoms with Crippen molar-refractivity contribution in [2.24, 2.45) is 5.92 Å². The Balaban J connectivity index is 0.781. The molecule has 10 heteroatoms. The van der Waals surface area contributed by atoms with E-state index in [4.69, 9.17) is 0 Å². The molecule has 0 unspecified atom stereocenters. The highest BCUT2D eigenvalue weighted by Crippen LogP contribution is 2.41. The van der Waals surface area contributed by atoms with Gasteiger partial charge in [0.05, 0.1) is 5.56 Å². The van der Waals surface area contributed by atoms with Gasteiger partial charge < -0.3 is 19.8 Å². The average Bonchev–Trinajstić information content (AvgIpc) is 3.45. The molecule has 3 fully saturated rings. The molecule has 1 atom stereocenters. The van der Waals surface area contributed by atoms with Gasteiger partial charge in [0.15, 0.2) is 0 Å². The highest BCUT2D eigenvalue weighted by molar-refractivity contribution is 6.05. The number of carbonyl (C=O) groups is 4. The van der Waals surface area contributed by atoms with Gasteiger partial charge in [-0.1, -0.05) is 48.5 Å². The van der Waals surface area contributed by atoms with Crippen LogP contribution in [0.15, 0.2) is 91.0 Å². The van der Waals surface area contributed by atoms with E-state index in [0.717, 1.165) is 87.5 Å². The number of aryl methyl sites for hydroxylation is 1. The maximum absolute atomic E-state index is 13.2. The summed E-state index contributed by atoms with van der Waals surface area (Å²) in [6, 6.07) is 30.8. The number of carbonyl (C=O) groups excluding carboxylic acids is 3. The fourth-order valence-electron chi connectivity index (χ4n) is 9.85. The van der Waals surface area contributed by atoms with Crippen LogP contribution in [0.4, 0.5) is 11.4 Å². The molecule has 4 aromatic rings. The van der Waals surface area contributed by atoms with Crippen LogP contribution in [-0.4, -0.2) is 90.5 Å². The second-order valence-electron chi connectivity index (χ2n) is 16.6. The van der Waals surface area contributed by atoms with E-state index in [1.54, 1.807) is 11.0 Å². The second-order valence-corrected chi connectivity index (χ2v) is 16.6. The number of hydrogen-bond acceptors (Lipinski definition) is 7. The van der Waals surface area contributed by atoms with Gasteiger partial charge in [-0.2, -0.15) is 0 Å². The van der Waals surface area contributed by atoms with Crippen LogP contribution >= 0.6 is 0 Å². The molecule has 4 heterocycles. The van der Waals surface area contributed by atoms with Crippen molar-refractivity contribution in [2.45, 2.75) is 64.0 Å². The lowest BCUT2D eigenvalue weighted by Crippen LogP contribution is -2.52. The van der Waals surface area contributed by atoms with Crippen molar-refractivity contribution in [3.8, 4) is 0 Å². The number of nitrogens with one attached hydrogen (secondary N) is 1. The van der Waals surface area contributed by atoms with Crippen LogP contribution in [0.5, 0.6) is 0 Å². The van der Waals surface area contributed by atoms with Crippen molar-refractivity contribution in [3.05, 3.63) is 130 Å². The van der Waals surface area contributed by atoms with E-state index in [1.165, 1.54) is 47.2 Å². The molecule has 0 aromatic heterocycles. The molecule has 10 nitrogen and oxygen atoms in total. The van der Waals surface area contributed by atoms with Crippen molar-refractivity contribution >= 4 is 46.2 Å². The number of carboxylic acids is 1. The summed E-state index contributed by atoms with van der Waals surface area (Å²) in [6.45, 7) is 7.53. The van der Waals surface area contributed by atoms with Gasteiger partial charge in [-0.05, 0) is 139 Å². The van der Waals surface area contributed by atoms with E-state index in [0.29, 0.717) is 30.0 Å². The number of piperidine rings is 2. The standard InChI is InChI=1S/C48H51N5O5/c54-44-18-17-43(46(55)49-44)53-31-37-30-39(14-16-42(37)47(53)56)52-27-25-50(26-28-52)22-19-32-20-23-51(24-21-32)38-12-9-34(10-13-38)45-40(33-5-2-1-3-6-33)8-4-7-35-29-36(48(57)58)11-15-41(35)45/h1-3,5-6,9-16,29-30,32,43H,4,7-8,17-28,31H2,(H,57,58)(H,49,54,55)/t43-/m0/s1. The van der Waals surface area contributed by atoms with Gasteiger partial charge in [0.25, 0.3) is 5.91 Å². The number of benzene rings is 4. The van der Waals surface area contributed by atoms with E-state index in [-0.39, 0.29) is 24.1 Å². The number of fused-ring (bicyclic) bond motifs is 2. The topological polar surface area (TPSA) is 114 Å². The van der Waals surface area contributed by atoms with Crippen LogP contribution in [0.3, 0.4) is 0 Å². The zero-order valence-electron chi connectivity index (χ0n) is 33.0. The number of allylic oxidation sites excluding steroid dienone is 1. The summed E-state index contributed by atoms with van der Waals surface area (Å²) in [5, 5.41) is 12.1. The number of nitrogens with zero attached hydrogens (tertiary/aromatic N) is 4. The molecule has 1 aliphatic carbocycles. The number of rotatable bonds is 9. The maximum atomic E-state index is 13.2. The molecule has 298 valence electrons. The quantitative estimate of drug-likeness (QED) is 0.177. The summed E-state index contributed by atoms with van der Waals surface area (Å²) >= 11 is 0. The number of imide groups is 1. The van der Waals surface area contributed by atoms with Gasteiger partial charge >= 0.3 is 5.97 Å². The number of piperazine rings is 1. The van der Waals surface area contributed by atoms with Gasteiger partial charge in [-0.3, -0.25) is 24.6 Å². The molecule has 0 radical (unpaired) electrons. The summed E-state index contributed by atoms with van der Waals surface area (Å²) in [7, 11) is 0. The lowest BCUT2D eigenvalue weighted by Gasteiger charge is -2.38. The molecule has 0 spiro atoms.